The molecule has 24 heavy (non-hydrogen) atoms. The van der Waals surface area contributed by atoms with Gasteiger partial charge in [-0.15, -0.1) is 0 Å². The van der Waals surface area contributed by atoms with Crippen molar-refractivity contribution in [3.8, 4) is 0 Å². The maximum absolute atomic E-state index is 12.3. The third-order valence-corrected chi connectivity index (χ3v) is 4.59. The molecule has 0 amide bonds. The van der Waals surface area contributed by atoms with Crippen LogP contribution in [0.3, 0.4) is 0 Å². The number of aromatic nitrogens is 2. The van der Waals surface area contributed by atoms with E-state index >= 15 is 0 Å². The Morgan fingerprint density at radius 2 is 2.04 bits per heavy atom. The minimum Gasteiger partial charge on any atom is -0.394 e. The molecule has 0 spiro atoms. The molecule has 0 aliphatic carbocycles. The van der Waals surface area contributed by atoms with Crippen molar-refractivity contribution in [1.82, 2.24) is 9.55 Å². The molecule has 1 aromatic heterocycles. The fourth-order valence-electron chi connectivity index (χ4n) is 3.30. The molecule has 1 aromatic rings. The van der Waals surface area contributed by atoms with Crippen LogP contribution in [0.2, 0.25) is 0 Å². The van der Waals surface area contributed by atoms with E-state index < -0.39 is 54.1 Å². The molecule has 2 saturated heterocycles. The van der Waals surface area contributed by atoms with Crippen LogP contribution in [0.1, 0.15) is 12.0 Å². The molecule has 3 heterocycles. The molecule has 10 nitrogen and oxygen atoms in total. The van der Waals surface area contributed by atoms with E-state index in [0.29, 0.717) is 0 Å². The van der Waals surface area contributed by atoms with Gasteiger partial charge in [-0.1, -0.05) is 0 Å². The lowest BCUT2D eigenvalue weighted by molar-refractivity contribution is -0.200. The molecule has 6 atom stereocenters. The first-order chi connectivity index (χ1) is 11.3. The van der Waals surface area contributed by atoms with Gasteiger partial charge in [0.2, 0.25) is 0 Å². The molecule has 5 N–H and O–H groups in total. The number of hydrogen-bond donors (Lipinski definition) is 5. The number of aromatic amines is 1. The first-order valence-corrected chi connectivity index (χ1v) is 7.57. The number of ether oxygens (including phenoxy) is 2. The normalized spacial score (nSPS) is 39.5. The van der Waals surface area contributed by atoms with Crippen LogP contribution in [0, 0.1) is 6.92 Å². The number of aliphatic hydroxyl groups excluding tert-OH is 4. The number of rotatable bonds is 3. The molecule has 2 fully saturated rings. The van der Waals surface area contributed by atoms with Crippen molar-refractivity contribution in [3.05, 3.63) is 32.6 Å². The Labute approximate surface area is 135 Å². The summed E-state index contributed by atoms with van der Waals surface area (Å²) in [5.74, 6) is 0. The topological polar surface area (TPSA) is 154 Å². The van der Waals surface area contributed by atoms with E-state index in [-0.39, 0.29) is 18.6 Å². The number of aliphatic hydroxyl groups is 4. The second-order valence-corrected chi connectivity index (χ2v) is 6.21. The Hall–Kier alpha value is -1.56. The second-order valence-electron chi connectivity index (χ2n) is 6.21. The van der Waals surface area contributed by atoms with Crippen LogP contribution < -0.4 is 11.2 Å². The molecule has 2 aliphatic heterocycles. The van der Waals surface area contributed by atoms with Crippen molar-refractivity contribution in [1.29, 1.82) is 0 Å². The highest BCUT2D eigenvalue weighted by Crippen LogP contribution is 2.42. The van der Waals surface area contributed by atoms with E-state index in [9.17, 15) is 30.0 Å². The zero-order valence-electron chi connectivity index (χ0n) is 13.0. The predicted octanol–water partition coefficient (Wildman–Crippen LogP) is -3.24. The van der Waals surface area contributed by atoms with E-state index in [4.69, 9.17) is 9.47 Å². The third kappa shape index (κ3) is 2.51. The number of aryl methyl sites for hydroxylation is 1. The maximum Gasteiger partial charge on any atom is 0.330 e. The Kier molecular flexibility index (Phi) is 4.36. The summed E-state index contributed by atoms with van der Waals surface area (Å²) in [6.45, 7) is 0.803. The van der Waals surface area contributed by atoms with Gasteiger partial charge in [0.1, 0.15) is 24.4 Å². The van der Waals surface area contributed by atoms with Crippen LogP contribution >= 0.6 is 0 Å². The average Bonchev–Trinajstić information content (AvgIpc) is 3.04. The van der Waals surface area contributed by atoms with Crippen molar-refractivity contribution >= 4 is 0 Å². The molecule has 0 saturated carbocycles. The molecule has 10 heteroatoms. The fourth-order valence-corrected chi connectivity index (χ4v) is 3.30. The zero-order chi connectivity index (χ0) is 17.6. The minimum absolute atomic E-state index is 0.169. The van der Waals surface area contributed by atoms with Gasteiger partial charge in [-0.25, -0.2) is 4.79 Å². The first kappa shape index (κ1) is 17.3. The molecule has 3 rings (SSSR count). The fraction of sp³-hybridized carbons (Fsp3) is 0.714. The summed E-state index contributed by atoms with van der Waals surface area (Å²) in [5.41, 5.74) is -2.84. The average molecular weight is 344 g/mol. The number of H-pyrrole nitrogens is 1. The van der Waals surface area contributed by atoms with Gasteiger partial charge in [0, 0.05) is 18.2 Å². The summed E-state index contributed by atoms with van der Waals surface area (Å²) < 4.78 is 12.2. The molecule has 0 unspecified atom stereocenters. The van der Waals surface area contributed by atoms with E-state index in [2.05, 4.69) is 4.98 Å². The van der Waals surface area contributed by atoms with E-state index in [1.165, 1.54) is 13.1 Å². The summed E-state index contributed by atoms with van der Waals surface area (Å²) in [5, 5.41) is 39.5. The van der Waals surface area contributed by atoms with E-state index in [1.807, 2.05) is 0 Å². The number of nitrogens with zero attached hydrogens (tertiary/aromatic N) is 1. The van der Waals surface area contributed by atoms with E-state index in [1.54, 1.807) is 0 Å². The highest BCUT2D eigenvalue weighted by molar-refractivity contribution is 5.08. The summed E-state index contributed by atoms with van der Waals surface area (Å²) >= 11 is 0. The van der Waals surface area contributed by atoms with Gasteiger partial charge < -0.3 is 29.9 Å². The van der Waals surface area contributed by atoms with Crippen LogP contribution in [0.5, 0.6) is 0 Å². The SMILES string of the molecule is Cc1cn([C@@]2([C@@H]3OC[C@H](O)[C@H]3O)C[C@H](O)[C@@H](CO)O2)c(=O)[nH]c1=O. The van der Waals surface area contributed by atoms with Crippen LogP contribution in [-0.4, -0.2) is 73.7 Å². The Morgan fingerprint density at radius 3 is 2.58 bits per heavy atom. The first-order valence-electron chi connectivity index (χ1n) is 7.57. The second kappa shape index (κ2) is 6.06. The quantitative estimate of drug-likeness (QED) is 0.383. The van der Waals surface area contributed by atoms with Crippen LogP contribution in [0.4, 0.5) is 0 Å². The van der Waals surface area contributed by atoms with Crippen molar-refractivity contribution in [2.24, 2.45) is 0 Å². The number of nitrogens with one attached hydrogen (secondary N) is 1. The largest absolute Gasteiger partial charge is 0.394 e. The zero-order valence-corrected chi connectivity index (χ0v) is 13.0. The maximum atomic E-state index is 12.3. The summed E-state index contributed by atoms with van der Waals surface area (Å²) in [4.78, 5) is 26.1. The lowest BCUT2D eigenvalue weighted by Crippen LogP contribution is -2.56. The van der Waals surface area contributed by atoms with Crippen molar-refractivity contribution in [2.75, 3.05) is 13.2 Å². The summed E-state index contributed by atoms with van der Waals surface area (Å²) in [6, 6.07) is 0. The Morgan fingerprint density at radius 1 is 1.33 bits per heavy atom. The summed E-state index contributed by atoms with van der Waals surface area (Å²) in [7, 11) is 0. The van der Waals surface area contributed by atoms with Gasteiger partial charge in [0.25, 0.3) is 5.56 Å². The molecule has 2 aliphatic rings. The Balaban J connectivity index is 2.16. The standard InChI is InChI=1S/C14H20N2O8/c1-6-3-16(13(22)15-12(6)21)14(2-7(18)9(4-17)24-14)11-10(20)8(19)5-23-11/h3,7-11,17-20H,2,4-5H2,1H3,(H,15,21,22)/t7-,8-,9+,10+,11+,14-/m0/s1. The van der Waals surface area contributed by atoms with Crippen LogP contribution in [0.25, 0.3) is 0 Å². The highest BCUT2D eigenvalue weighted by Gasteiger charge is 2.58. The molecule has 134 valence electrons. The van der Waals surface area contributed by atoms with Crippen molar-refractivity contribution in [3.63, 3.8) is 0 Å². The van der Waals surface area contributed by atoms with Crippen LogP contribution in [0.15, 0.2) is 15.8 Å². The van der Waals surface area contributed by atoms with Gasteiger partial charge in [-0.3, -0.25) is 14.3 Å². The highest BCUT2D eigenvalue weighted by atomic mass is 16.6. The Bertz CT molecular complexity index is 730. The lowest BCUT2D eigenvalue weighted by atomic mass is 9.95. The van der Waals surface area contributed by atoms with Gasteiger partial charge >= 0.3 is 5.69 Å². The number of hydrogen-bond acceptors (Lipinski definition) is 8. The summed E-state index contributed by atoms with van der Waals surface area (Å²) in [6.07, 6.45) is -4.76. The van der Waals surface area contributed by atoms with Crippen molar-refractivity contribution in [2.45, 2.75) is 49.6 Å². The minimum atomic E-state index is -1.67. The molecular weight excluding hydrogens is 324 g/mol. The smallest absolute Gasteiger partial charge is 0.330 e. The van der Waals surface area contributed by atoms with Gasteiger partial charge in [0.05, 0.1) is 19.3 Å². The van der Waals surface area contributed by atoms with Gasteiger partial charge in [0.15, 0.2) is 5.72 Å². The van der Waals surface area contributed by atoms with Crippen molar-refractivity contribution < 1.29 is 29.9 Å². The van der Waals surface area contributed by atoms with Gasteiger partial charge in [-0.05, 0) is 6.92 Å². The van der Waals surface area contributed by atoms with Gasteiger partial charge in [-0.2, -0.15) is 0 Å². The predicted molar refractivity (Wildman–Crippen MR) is 78.4 cm³/mol. The molecular formula is C14H20N2O8. The third-order valence-electron chi connectivity index (χ3n) is 4.59. The van der Waals surface area contributed by atoms with E-state index in [0.717, 1.165) is 4.57 Å². The lowest BCUT2D eigenvalue weighted by Gasteiger charge is -2.37. The monoisotopic (exact) mass is 344 g/mol. The molecule has 0 aromatic carbocycles. The molecule has 0 bridgehead atoms. The molecule has 0 radical (unpaired) electrons. The van der Waals surface area contributed by atoms with Crippen LogP contribution in [-0.2, 0) is 15.2 Å².